The lowest BCUT2D eigenvalue weighted by Gasteiger charge is -2.12. The first kappa shape index (κ1) is 24.3. The van der Waals surface area contributed by atoms with Crippen molar-refractivity contribution in [2.75, 3.05) is 6.61 Å². The lowest BCUT2D eigenvalue weighted by Crippen LogP contribution is -2.31. The van der Waals surface area contributed by atoms with Gasteiger partial charge in [-0.2, -0.15) is 0 Å². The van der Waals surface area contributed by atoms with Gasteiger partial charge in [-0.1, -0.05) is 15.9 Å². The number of hydrogen-bond donors (Lipinski definition) is 1. The summed E-state index contributed by atoms with van der Waals surface area (Å²) in [6, 6.07) is 5.95. The molecule has 0 radical (unpaired) electrons. The van der Waals surface area contributed by atoms with E-state index in [1.165, 1.54) is 12.1 Å². The molecule has 13 heteroatoms. The Labute approximate surface area is 190 Å². The minimum absolute atomic E-state index is 0.0279. The lowest BCUT2D eigenvalue weighted by molar-refractivity contribution is -0.385. The van der Waals surface area contributed by atoms with Gasteiger partial charge in [0.15, 0.2) is 12.0 Å². The predicted octanol–water partition coefficient (Wildman–Crippen LogP) is 2.59. The van der Waals surface area contributed by atoms with Crippen LogP contribution >= 0.6 is 31.9 Å². The van der Waals surface area contributed by atoms with Gasteiger partial charge < -0.3 is 19.3 Å². The zero-order valence-corrected chi connectivity index (χ0v) is 18.3. The summed E-state index contributed by atoms with van der Waals surface area (Å²) in [6.45, 7) is -0.913. The number of nitro groups is 1. The molecule has 2 aromatic carbocycles. The van der Waals surface area contributed by atoms with Crippen LogP contribution in [0.5, 0.6) is 11.5 Å². The Morgan fingerprint density at radius 2 is 1.84 bits per heavy atom. The molecule has 0 aliphatic rings. The van der Waals surface area contributed by atoms with Gasteiger partial charge in [0, 0.05) is 16.1 Å². The number of carbonyl (C=O) groups is 4. The molecule has 0 aromatic heterocycles. The van der Waals surface area contributed by atoms with E-state index in [0.717, 1.165) is 18.2 Å². The van der Waals surface area contributed by atoms with Gasteiger partial charge in [0.1, 0.15) is 12.9 Å². The highest BCUT2D eigenvalue weighted by molar-refractivity contribution is 9.11. The van der Waals surface area contributed by atoms with E-state index in [4.69, 9.17) is 9.47 Å². The number of aldehydes is 2. The van der Waals surface area contributed by atoms with Crippen molar-refractivity contribution >= 4 is 62.1 Å². The van der Waals surface area contributed by atoms with Crippen LogP contribution in [0.3, 0.4) is 0 Å². The average molecular weight is 561 g/mol. The molecule has 0 aliphatic heterocycles. The summed E-state index contributed by atoms with van der Waals surface area (Å²) in [5.41, 5.74) is -0.675. The predicted molar refractivity (Wildman–Crippen MR) is 109 cm³/mol. The molecule has 0 saturated heterocycles. The van der Waals surface area contributed by atoms with Crippen LogP contribution < -0.4 is 9.47 Å². The van der Waals surface area contributed by atoms with E-state index in [1.807, 2.05) is 0 Å². The molecule has 0 saturated carbocycles. The van der Waals surface area contributed by atoms with E-state index in [-0.39, 0.29) is 21.3 Å². The molecule has 0 fully saturated rings. The fourth-order valence-corrected chi connectivity index (χ4v) is 3.47. The summed E-state index contributed by atoms with van der Waals surface area (Å²) in [4.78, 5) is 55.8. The van der Waals surface area contributed by atoms with E-state index < -0.39 is 41.2 Å². The van der Waals surface area contributed by atoms with Gasteiger partial charge in [-0.15, -0.1) is 0 Å². The molecule has 162 valence electrons. The summed E-state index contributed by atoms with van der Waals surface area (Å²) >= 11 is 6.30. The van der Waals surface area contributed by atoms with E-state index in [9.17, 15) is 34.4 Å². The van der Waals surface area contributed by atoms with E-state index in [2.05, 4.69) is 36.6 Å². The van der Waals surface area contributed by atoms with Crippen LogP contribution in [0.4, 0.5) is 5.69 Å². The second-order valence-electron chi connectivity index (χ2n) is 5.58. The Morgan fingerprint density at radius 1 is 1.13 bits per heavy atom. The van der Waals surface area contributed by atoms with Gasteiger partial charge >= 0.3 is 17.6 Å². The number of hydrogen-bond acceptors (Lipinski definition) is 10. The maximum Gasteiger partial charge on any atom is 0.368 e. The number of benzene rings is 2. The van der Waals surface area contributed by atoms with Crippen molar-refractivity contribution in [2.45, 2.75) is 6.29 Å². The second kappa shape index (κ2) is 10.9. The molecule has 0 heterocycles. The van der Waals surface area contributed by atoms with Gasteiger partial charge in [-0.25, -0.2) is 9.59 Å². The number of halogens is 2. The average Bonchev–Trinajstić information content (AvgIpc) is 2.73. The fourth-order valence-electron chi connectivity index (χ4n) is 2.13. The second-order valence-corrected chi connectivity index (χ2v) is 7.35. The number of aliphatic hydroxyl groups excluding tert-OH is 1. The maximum absolute atomic E-state index is 11.9. The lowest BCUT2D eigenvalue weighted by atomic mass is 10.2. The van der Waals surface area contributed by atoms with Gasteiger partial charge in [0.05, 0.1) is 15.0 Å². The minimum Gasteiger partial charge on any atom is -0.423 e. The molecule has 1 N–H and O–H groups in total. The maximum atomic E-state index is 11.9. The topological polar surface area (TPSA) is 159 Å². The molecule has 1 unspecified atom stereocenters. The van der Waals surface area contributed by atoms with Gasteiger partial charge in [-0.3, -0.25) is 19.7 Å². The van der Waals surface area contributed by atoms with Crippen molar-refractivity contribution in [1.82, 2.24) is 0 Å². The molecule has 0 amide bonds. The monoisotopic (exact) mass is 559 g/mol. The van der Waals surface area contributed by atoms with Crippen LogP contribution in [0, 0.1) is 10.1 Å². The highest BCUT2D eigenvalue weighted by Gasteiger charge is 2.25. The number of nitro benzene ring substituents is 1. The first-order valence-corrected chi connectivity index (χ1v) is 9.64. The van der Waals surface area contributed by atoms with Crippen LogP contribution in [0.25, 0.3) is 0 Å². The zero-order chi connectivity index (χ0) is 23.1. The molecule has 0 bridgehead atoms. The Kier molecular flexibility index (Phi) is 8.50. The molecule has 2 aromatic rings. The number of carbonyl (C=O) groups excluding carboxylic acids is 4. The zero-order valence-electron chi connectivity index (χ0n) is 15.2. The minimum atomic E-state index is -2.28. The van der Waals surface area contributed by atoms with E-state index in [0.29, 0.717) is 17.0 Å². The quantitative estimate of drug-likeness (QED) is 0.120. The van der Waals surface area contributed by atoms with Gasteiger partial charge in [0.25, 0.3) is 6.29 Å². The SMILES string of the molecule is O=Cc1ccc(OC(=O)C(O)OCC(=O)Oc2c(Br)cc(Br)cc2C=O)c([N+](=O)[O-])c1. The molecule has 11 nitrogen and oxygen atoms in total. The molecule has 1 atom stereocenters. The third kappa shape index (κ3) is 6.49. The molecule has 31 heavy (non-hydrogen) atoms. The van der Waals surface area contributed by atoms with Gasteiger partial charge in [0.2, 0.25) is 5.75 Å². The Morgan fingerprint density at radius 3 is 2.45 bits per heavy atom. The Hall–Kier alpha value is -3.00. The van der Waals surface area contributed by atoms with Crippen LogP contribution in [-0.2, 0) is 14.3 Å². The van der Waals surface area contributed by atoms with Crippen molar-refractivity contribution in [2.24, 2.45) is 0 Å². The third-order valence-electron chi connectivity index (χ3n) is 3.47. The van der Waals surface area contributed by atoms with Crippen molar-refractivity contribution in [1.29, 1.82) is 0 Å². The Balaban J connectivity index is 2.00. The highest BCUT2D eigenvalue weighted by Crippen LogP contribution is 2.32. The summed E-state index contributed by atoms with van der Waals surface area (Å²) in [6.07, 6.45) is -1.47. The number of rotatable bonds is 9. The number of esters is 2. The third-order valence-corrected chi connectivity index (χ3v) is 4.51. The van der Waals surface area contributed by atoms with Crippen LogP contribution in [-0.4, -0.2) is 47.4 Å². The summed E-state index contributed by atoms with van der Waals surface area (Å²) in [7, 11) is 0. The van der Waals surface area contributed by atoms with Crippen molar-refractivity contribution in [3.63, 3.8) is 0 Å². The summed E-state index contributed by atoms with van der Waals surface area (Å²) in [5, 5.41) is 20.8. The first-order chi connectivity index (χ1) is 14.7. The number of nitrogens with zero attached hydrogens (tertiary/aromatic N) is 1. The number of aliphatic hydroxyl groups is 1. The summed E-state index contributed by atoms with van der Waals surface area (Å²) in [5.74, 6) is -3.15. The van der Waals surface area contributed by atoms with Crippen molar-refractivity contribution in [3.05, 3.63) is 60.5 Å². The van der Waals surface area contributed by atoms with Crippen molar-refractivity contribution < 1.29 is 43.4 Å². The molecular formula is C18H11Br2NO10. The highest BCUT2D eigenvalue weighted by atomic mass is 79.9. The molecule has 0 spiro atoms. The number of ether oxygens (including phenoxy) is 3. The molecular weight excluding hydrogens is 550 g/mol. The molecule has 0 aliphatic carbocycles. The summed E-state index contributed by atoms with van der Waals surface area (Å²) < 4.78 is 15.2. The van der Waals surface area contributed by atoms with Crippen LogP contribution in [0.1, 0.15) is 20.7 Å². The van der Waals surface area contributed by atoms with Crippen molar-refractivity contribution in [3.8, 4) is 11.5 Å². The first-order valence-electron chi connectivity index (χ1n) is 8.06. The smallest absolute Gasteiger partial charge is 0.368 e. The van der Waals surface area contributed by atoms with Gasteiger partial charge in [-0.05, 0) is 40.2 Å². The largest absolute Gasteiger partial charge is 0.423 e. The molecule has 2 rings (SSSR count). The van der Waals surface area contributed by atoms with E-state index in [1.54, 1.807) is 0 Å². The van der Waals surface area contributed by atoms with Crippen LogP contribution in [0.2, 0.25) is 0 Å². The van der Waals surface area contributed by atoms with Crippen LogP contribution in [0.15, 0.2) is 39.3 Å². The Bertz CT molecular complexity index is 1060. The fraction of sp³-hybridized carbons (Fsp3) is 0.111. The normalized spacial score (nSPS) is 11.3. The standard InChI is InChI=1S/C18H11Br2NO10/c19-11-4-10(7-23)16(12(20)5-11)31-15(24)8-29-17(25)18(26)30-14-2-1-9(6-22)3-13(14)21(27)28/h1-7,17,25H,8H2. The van der Waals surface area contributed by atoms with E-state index >= 15 is 0 Å².